The van der Waals surface area contributed by atoms with Crippen LogP contribution >= 0.6 is 0 Å². The number of amides is 1. The predicted molar refractivity (Wildman–Crippen MR) is 188 cm³/mol. The van der Waals surface area contributed by atoms with Crippen LogP contribution in [0.1, 0.15) is 187 Å². The standard InChI is InChI=1S/C39H73NO3/c1-3-5-7-9-11-13-14-15-16-17-18-19-20-21-22-23-24-25-27-29-31-33-35-39(43)40-37(36-41)38(42)34-32-30-28-26-12-10-8-6-4-2/h4,6,12,26,32,34,37-38,41-42H,3,5,7-11,13-25,27-31,33,35-36H2,1-2H3,(H,40,43)/b6-4+,26-12+,34-32+. The van der Waals surface area contributed by atoms with Crippen molar-refractivity contribution in [1.82, 2.24) is 5.32 Å². The molecule has 0 aliphatic heterocycles. The molecule has 2 atom stereocenters. The van der Waals surface area contributed by atoms with Crippen molar-refractivity contribution in [2.45, 2.75) is 199 Å². The maximum absolute atomic E-state index is 12.3. The summed E-state index contributed by atoms with van der Waals surface area (Å²) in [6, 6.07) is -0.639. The number of aliphatic hydroxyl groups is 2. The highest BCUT2D eigenvalue weighted by molar-refractivity contribution is 5.76. The molecule has 252 valence electrons. The van der Waals surface area contributed by atoms with Crippen molar-refractivity contribution in [3.8, 4) is 0 Å². The maximum atomic E-state index is 12.3. The Morgan fingerprint density at radius 1 is 0.581 bits per heavy atom. The Kier molecular flexibility index (Phi) is 34.0. The molecule has 2 unspecified atom stereocenters. The van der Waals surface area contributed by atoms with Gasteiger partial charge in [-0.15, -0.1) is 0 Å². The largest absolute Gasteiger partial charge is 0.394 e. The third-order valence-corrected chi connectivity index (χ3v) is 8.45. The summed E-state index contributed by atoms with van der Waals surface area (Å²) in [6.07, 6.45) is 45.5. The first-order chi connectivity index (χ1) is 21.2. The minimum absolute atomic E-state index is 0.0799. The van der Waals surface area contributed by atoms with Gasteiger partial charge in [0.05, 0.1) is 18.8 Å². The van der Waals surface area contributed by atoms with Crippen LogP contribution in [0.4, 0.5) is 0 Å². The third kappa shape index (κ3) is 31.8. The van der Waals surface area contributed by atoms with Gasteiger partial charge in [0.25, 0.3) is 0 Å². The number of allylic oxidation sites excluding steroid dienone is 5. The Balaban J connectivity index is 3.51. The van der Waals surface area contributed by atoms with Gasteiger partial charge in [0.15, 0.2) is 0 Å². The quantitative estimate of drug-likeness (QED) is 0.0516. The maximum Gasteiger partial charge on any atom is 0.220 e. The number of hydrogen-bond donors (Lipinski definition) is 3. The van der Waals surface area contributed by atoms with Gasteiger partial charge in [-0.25, -0.2) is 0 Å². The second kappa shape index (κ2) is 35.1. The minimum Gasteiger partial charge on any atom is -0.394 e. The molecule has 0 heterocycles. The molecule has 0 rings (SSSR count). The van der Waals surface area contributed by atoms with Gasteiger partial charge in [0, 0.05) is 6.42 Å². The van der Waals surface area contributed by atoms with Crippen LogP contribution in [0.3, 0.4) is 0 Å². The fourth-order valence-electron chi connectivity index (χ4n) is 5.57. The molecule has 0 aromatic heterocycles. The Labute approximate surface area is 268 Å². The fraction of sp³-hybridized carbons (Fsp3) is 0.821. The van der Waals surface area contributed by atoms with Crippen LogP contribution in [-0.2, 0) is 4.79 Å². The number of carbonyl (C=O) groups excluding carboxylic acids is 1. The van der Waals surface area contributed by atoms with E-state index in [0.717, 1.165) is 38.5 Å². The van der Waals surface area contributed by atoms with Gasteiger partial charge in [0.2, 0.25) is 5.91 Å². The van der Waals surface area contributed by atoms with E-state index in [4.69, 9.17) is 0 Å². The van der Waals surface area contributed by atoms with E-state index in [1.807, 2.05) is 13.0 Å². The highest BCUT2D eigenvalue weighted by Gasteiger charge is 2.17. The first kappa shape index (κ1) is 41.6. The topological polar surface area (TPSA) is 69.6 Å². The van der Waals surface area contributed by atoms with E-state index in [1.54, 1.807) is 6.08 Å². The van der Waals surface area contributed by atoms with E-state index in [2.05, 4.69) is 36.5 Å². The van der Waals surface area contributed by atoms with Gasteiger partial charge in [-0.2, -0.15) is 0 Å². The number of aliphatic hydroxyl groups excluding tert-OH is 2. The molecule has 0 aromatic rings. The molecule has 0 aromatic carbocycles. The molecule has 0 aliphatic carbocycles. The van der Waals surface area contributed by atoms with Crippen molar-refractivity contribution in [3.05, 3.63) is 36.5 Å². The van der Waals surface area contributed by atoms with Crippen LogP contribution in [0.15, 0.2) is 36.5 Å². The van der Waals surface area contributed by atoms with E-state index < -0.39 is 12.1 Å². The van der Waals surface area contributed by atoms with Crippen LogP contribution in [0.25, 0.3) is 0 Å². The molecule has 0 fully saturated rings. The summed E-state index contributed by atoms with van der Waals surface area (Å²) in [5.41, 5.74) is 0. The van der Waals surface area contributed by atoms with Gasteiger partial charge in [-0.3, -0.25) is 4.79 Å². The van der Waals surface area contributed by atoms with E-state index in [-0.39, 0.29) is 12.5 Å². The normalized spacial score (nSPS) is 13.5. The molecule has 4 heteroatoms. The highest BCUT2D eigenvalue weighted by Crippen LogP contribution is 2.15. The summed E-state index contributed by atoms with van der Waals surface area (Å²) >= 11 is 0. The lowest BCUT2D eigenvalue weighted by atomic mass is 10.0. The summed E-state index contributed by atoms with van der Waals surface area (Å²) < 4.78 is 0. The lowest BCUT2D eigenvalue weighted by Gasteiger charge is -2.19. The molecular formula is C39H73NO3. The van der Waals surface area contributed by atoms with Gasteiger partial charge < -0.3 is 15.5 Å². The Hall–Kier alpha value is -1.39. The second-order valence-corrected chi connectivity index (χ2v) is 12.6. The monoisotopic (exact) mass is 604 g/mol. The van der Waals surface area contributed by atoms with Crippen LogP contribution < -0.4 is 5.32 Å². The van der Waals surface area contributed by atoms with Crippen molar-refractivity contribution in [2.24, 2.45) is 0 Å². The zero-order valence-corrected chi connectivity index (χ0v) is 28.7. The lowest BCUT2D eigenvalue weighted by Crippen LogP contribution is -2.45. The van der Waals surface area contributed by atoms with Gasteiger partial charge >= 0.3 is 0 Å². The molecule has 0 spiro atoms. The Morgan fingerprint density at radius 2 is 0.953 bits per heavy atom. The van der Waals surface area contributed by atoms with Gasteiger partial charge in [-0.05, 0) is 39.0 Å². The summed E-state index contributed by atoms with van der Waals surface area (Å²) in [5, 5.41) is 22.7. The molecular weight excluding hydrogens is 530 g/mol. The van der Waals surface area contributed by atoms with Crippen molar-refractivity contribution in [3.63, 3.8) is 0 Å². The van der Waals surface area contributed by atoms with Crippen molar-refractivity contribution in [2.75, 3.05) is 6.61 Å². The number of hydrogen-bond acceptors (Lipinski definition) is 3. The molecule has 0 saturated carbocycles. The zero-order valence-electron chi connectivity index (χ0n) is 28.7. The molecule has 0 saturated heterocycles. The Morgan fingerprint density at radius 3 is 1.35 bits per heavy atom. The van der Waals surface area contributed by atoms with E-state index >= 15 is 0 Å². The number of rotatable bonds is 33. The van der Waals surface area contributed by atoms with E-state index in [9.17, 15) is 15.0 Å². The molecule has 0 aliphatic rings. The van der Waals surface area contributed by atoms with Crippen molar-refractivity contribution in [1.29, 1.82) is 0 Å². The molecule has 1 amide bonds. The van der Waals surface area contributed by atoms with Crippen LogP contribution in [-0.4, -0.2) is 34.9 Å². The smallest absolute Gasteiger partial charge is 0.220 e. The van der Waals surface area contributed by atoms with Crippen LogP contribution in [0, 0.1) is 0 Å². The van der Waals surface area contributed by atoms with Crippen molar-refractivity contribution < 1.29 is 15.0 Å². The summed E-state index contributed by atoms with van der Waals surface area (Å²) in [5.74, 6) is -0.0799. The number of carbonyl (C=O) groups is 1. The second-order valence-electron chi connectivity index (χ2n) is 12.6. The molecule has 0 bridgehead atoms. The predicted octanol–water partition coefficient (Wildman–Crippen LogP) is 11.1. The first-order valence-electron chi connectivity index (χ1n) is 18.7. The lowest BCUT2D eigenvalue weighted by molar-refractivity contribution is -0.123. The average molecular weight is 604 g/mol. The molecule has 0 radical (unpaired) electrons. The van der Waals surface area contributed by atoms with Gasteiger partial charge in [-0.1, -0.05) is 178 Å². The fourth-order valence-corrected chi connectivity index (χ4v) is 5.57. The van der Waals surface area contributed by atoms with Crippen molar-refractivity contribution >= 4 is 5.91 Å². The molecule has 4 nitrogen and oxygen atoms in total. The summed E-state index contributed by atoms with van der Waals surface area (Å²) in [7, 11) is 0. The van der Waals surface area contributed by atoms with Crippen LogP contribution in [0.5, 0.6) is 0 Å². The van der Waals surface area contributed by atoms with E-state index in [1.165, 1.54) is 128 Å². The highest BCUT2D eigenvalue weighted by atomic mass is 16.3. The van der Waals surface area contributed by atoms with E-state index in [0.29, 0.717) is 6.42 Å². The molecule has 43 heavy (non-hydrogen) atoms. The molecule has 3 N–H and O–H groups in total. The van der Waals surface area contributed by atoms with Gasteiger partial charge in [0.1, 0.15) is 0 Å². The zero-order chi connectivity index (χ0) is 31.5. The third-order valence-electron chi connectivity index (χ3n) is 8.45. The first-order valence-corrected chi connectivity index (χ1v) is 18.7. The minimum atomic E-state index is -0.864. The summed E-state index contributed by atoms with van der Waals surface area (Å²) in [6.45, 7) is 4.06. The van der Waals surface area contributed by atoms with Crippen LogP contribution in [0.2, 0.25) is 0 Å². The SMILES string of the molecule is C/C=C/CC/C=C/CC/C=C/C(O)C(CO)NC(=O)CCCCCCCCCCCCCCCCCCCCCCCC. The number of nitrogens with one attached hydrogen (secondary N) is 1. The Bertz CT molecular complexity index is 657. The number of unbranched alkanes of at least 4 members (excludes halogenated alkanes) is 23. The average Bonchev–Trinajstić information content (AvgIpc) is 3.01. The summed E-state index contributed by atoms with van der Waals surface area (Å²) in [4.78, 5) is 12.3.